The molecule has 1 fully saturated rings. The molecule has 0 aromatic rings. The average molecular weight is 267 g/mol. The summed E-state index contributed by atoms with van der Waals surface area (Å²) in [5.74, 6) is -0.726. The van der Waals surface area contributed by atoms with E-state index < -0.39 is 43.2 Å². The normalized spacial score (nSPS) is 34.8. The number of thiol groups is 1. The number of aliphatic carboxylic acids is 1. The Morgan fingerprint density at radius 1 is 1.41 bits per heavy atom. The molecule has 17 heavy (non-hydrogen) atoms. The molecule has 1 aliphatic rings. The summed E-state index contributed by atoms with van der Waals surface area (Å²) in [5.41, 5.74) is 0. The molecule has 0 amide bonds. The van der Waals surface area contributed by atoms with Crippen LogP contribution >= 0.6 is 12.6 Å². The van der Waals surface area contributed by atoms with Gasteiger partial charge in [-0.25, -0.2) is 0 Å². The molecule has 0 aromatic heterocycles. The topological polar surface area (TPSA) is 119 Å². The molecule has 5 atom stereocenters. The quantitative estimate of drug-likeness (QED) is 0.302. The van der Waals surface area contributed by atoms with Crippen molar-refractivity contribution in [3.63, 3.8) is 0 Å². The van der Waals surface area contributed by atoms with Gasteiger partial charge in [-0.05, 0) is 12.2 Å². The number of carbonyl (C=O) groups is 1. The summed E-state index contributed by atoms with van der Waals surface area (Å²) < 4.78 is 5.11. The van der Waals surface area contributed by atoms with Gasteiger partial charge in [-0.15, -0.1) is 0 Å². The third-order valence-corrected chi connectivity index (χ3v) is 2.88. The molecular formula is C9H17NO6S. The van der Waals surface area contributed by atoms with Crippen LogP contribution in [0.1, 0.15) is 6.42 Å². The zero-order chi connectivity index (χ0) is 13.0. The van der Waals surface area contributed by atoms with E-state index in [0.717, 1.165) is 0 Å². The third kappa shape index (κ3) is 3.54. The molecule has 8 heteroatoms. The zero-order valence-electron chi connectivity index (χ0n) is 9.06. The highest BCUT2D eigenvalue weighted by molar-refractivity contribution is 7.80. The summed E-state index contributed by atoms with van der Waals surface area (Å²) in [6.07, 6.45) is -4.17. The number of carboxylic acid groups (broad SMARTS) is 1. The standard InChI is InChI=1S/C9H17NO6S/c11-3-5-6(12)7(13)8(16-5)10-4(1-2-17)9(14)15/h4-8,10-13,17H,1-3H2,(H,14,15)/t4-,5+,6+,7+,8?/m0/s1. The van der Waals surface area contributed by atoms with E-state index >= 15 is 0 Å². The smallest absolute Gasteiger partial charge is 0.320 e. The van der Waals surface area contributed by atoms with E-state index in [1.165, 1.54) is 0 Å². The molecule has 1 unspecified atom stereocenters. The van der Waals surface area contributed by atoms with Crippen LogP contribution in [-0.4, -0.2) is 69.3 Å². The molecule has 5 N–H and O–H groups in total. The number of ether oxygens (including phenoxy) is 1. The number of hydrogen-bond donors (Lipinski definition) is 6. The van der Waals surface area contributed by atoms with Crippen LogP contribution in [0.15, 0.2) is 0 Å². The number of rotatable bonds is 6. The van der Waals surface area contributed by atoms with E-state index in [2.05, 4.69) is 17.9 Å². The second-order valence-electron chi connectivity index (χ2n) is 3.83. The van der Waals surface area contributed by atoms with Gasteiger partial charge < -0.3 is 25.2 Å². The van der Waals surface area contributed by atoms with E-state index in [-0.39, 0.29) is 6.42 Å². The molecule has 0 bridgehead atoms. The lowest BCUT2D eigenvalue weighted by Gasteiger charge is -2.21. The van der Waals surface area contributed by atoms with Crippen LogP contribution in [0.4, 0.5) is 0 Å². The molecule has 1 rings (SSSR count). The number of nitrogens with one attached hydrogen (secondary N) is 1. The summed E-state index contributed by atoms with van der Waals surface area (Å²) in [4.78, 5) is 10.9. The van der Waals surface area contributed by atoms with Crippen LogP contribution in [0.5, 0.6) is 0 Å². The Hall–Kier alpha value is -0.380. The summed E-state index contributed by atoms with van der Waals surface area (Å²) >= 11 is 3.93. The van der Waals surface area contributed by atoms with Crippen LogP contribution in [0.25, 0.3) is 0 Å². The Morgan fingerprint density at radius 2 is 2.06 bits per heavy atom. The highest BCUT2D eigenvalue weighted by atomic mass is 32.1. The fraction of sp³-hybridized carbons (Fsp3) is 0.889. The Morgan fingerprint density at radius 3 is 2.47 bits per heavy atom. The highest BCUT2D eigenvalue weighted by Crippen LogP contribution is 2.20. The maximum Gasteiger partial charge on any atom is 0.320 e. The Labute approximate surface area is 104 Å². The van der Waals surface area contributed by atoms with Gasteiger partial charge in [0.05, 0.1) is 6.61 Å². The maximum atomic E-state index is 10.9. The fourth-order valence-corrected chi connectivity index (χ4v) is 1.90. The van der Waals surface area contributed by atoms with Gasteiger partial charge in [-0.2, -0.15) is 12.6 Å². The van der Waals surface area contributed by atoms with Crippen molar-refractivity contribution in [2.75, 3.05) is 12.4 Å². The number of aliphatic hydroxyl groups is 3. The first-order valence-electron chi connectivity index (χ1n) is 5.23. The lowest BCUT2D eigenvalue weighted by molar-refractivity contribution is -0.141. The second-order valence-corrected chi connectivity index (χ2v) is 4.28. The minimum atomic E-state index is -1.27. The minimum Gasteiger partial charge on any atom is -0.480 e. The van der Waals surface area contributed by atoms with Crippen molar-refractivity contribution in [1.29, 1.82) is 0 Å². The van der Waals surface area contributed by atoms with Crippen molar-refractivity contribution in [1.82, 2.24) is 5.32 Å². The molecule has 100 valence electrons. The first-order valence-corrected chi connectivity index (χ1v) is 5.86. The molecule has 0 spiro atoms. The molecule has 0 radical (unpaired) electrons. The van der Waals surface area contributed by atoms with Gasteiger partial charge in [-0.1, -0.05) is 0 Å². The van der Waals surface area contributed by atoms with Crippen molar-refractivity contribution in [3.8, 4) is 0 Å². The van der Waals surface area contributed by atoms with Gasteiger partial charge >= 0.3 is 5.97 Å². The third-order valence-electron chi connectivity index (χ3n) is 2.62. The van der Waals surface area contributed by atoms with Crippen molar-refractivity contribution in [2.45, 2.75) is 37.0 Å². The fourth-order valence-electron chi connectivity index (χ4n) is 1.64. The first-order chi connectivity index (χ1) is 8.01. The largest absolute Gasteiger partial charge is 0.480 e. The Kier molecular flexibility index (Phi) is 5.63. The molecule has 0 saturated carbocycles. The van der Waals surface area contributed by atoms with Crippen LogP contribution in [0.3, 0.4) is 0 Å². The maximum absolute atomic E-state index is 10.9. The van der Waals surface area contributed by atoms with E-state index in [0.29, 0.717) is 5.75 Å². The van der Waals surface area contributed by atoms with Crippen molar-refractivity contribution >= 4 is 18.6 Å². The Bertz CT molecular complexity index is 266. The molecule has 1 heterocycles. The number of carboxylic acids is 1. The predicted octanol–water partition coefficient (Wildman–Crippen LogP) is -2.21. The van der Waals surface area contributed by atoms with Crippen LogP contribution in [0, 0.1) is 0 Å². The van der Waals surface area contributed by atoms with Gasteiger partial charge in [0.1, 0.15) is 30.6 Å². The Balaban J connectivity index is 2.58. The second kappa shape index (κ2) is 6.53. The molecule has 7 nitrogen and oxygen atoms in total. The van der Waals surface area contributed by atoms with E-state index in [9.17, 15) is 15.0 Å². The highest BCUT2D eigenvalue weighted by Gasteiger charge is 2.43. The van der Waals surface area contributed by atoms with Crippen LogP contribution in [0.2, 0.25) is 0 Å². The van der Waals surface area contributed by atoms with Crippen LogP contribution in [-0.2, 0) is 9.53 Å². The monoisotopic (exact) mass is 267 g/mol. The predicted molar refractivity (Wildman–Crippen MR) is 60.8 cm³/mol. The van der Waals surface area contributed by atoms with Crippen molar-refractivity contribution in [3.05, 3.63) is 0 Å². The summed E-state index contributed by atoms with van der Waals surface area (Å²) in [7, 11) is 0. The van der Waals surface area contributed by atoms with Gasteiger partial charge in [-0.3, -0.25) is 10.1 Å². The number of hydrogen-bond acceptors (Lipinski definition) is 7. The van der Waals surface area contributed by atoms with Crippen LogP contribution < -0.4 is 5.32 Å². The lowest BCUT2D eigenvalue weighted by atomic mass is 10.1. The zero-order valence-corrected chi connectivity index (χ0v) is 9.96. The van der Waals surface area contributed by atoms with E-state index in [1.807, 2.05) is 0 Å². The lowest BCUT2D eigenvalue weighted by Crippen LogP contribution is -2.49. The molecular weight excluding hydrogens is 250 g/mol. The van der Waals surface area contributed by atoms with Gasteiger partial charge in [0, 0.05) is 0 Å². The van der Waals surface area contributed by atoms with Gasteiger partial charge in [0.2, 0.25) is 0 Å². The summed E-state index contributed by atoms with van der Waals surface area (Å²) in [5, 5.41) is 39.4. The van der Waals surface area contributed by atoms with E-state index in [4.69, 9.17) is 14.9 Å². The van der Waals surface area contributed by atoms with Crippen molar-refractivity contribution < 1.29 is 30.0 Å². The molecule has 1 saturated heterocycles. The number of aliphatic hydroxyl groups excluding tert-OH is 3. The molecule has 0 aromatic carbocycles. The molecule has 1 aliphatic heterocycles. The molecule has 0 aliphatic carbocycles. The van der Waals surface area contributed by atoms with E-state index in [1.54, 1.807) is 0 Å². The van der Waals surface area contributed by atoms with Gasteiger partial charge in [0.25, 0.3) is 0 Å². The van der Waals surface area contributed by atoms with Crippen molar-refractivity contribution in [2.24, 2.45) is 0 Å². The minimum absolute atomic E-state index is 0.255. The first kappa shape index (κ1) is 14.7. The average Bonchev–Trinajstić information content (AvgIpc) is 2.56. The SMILES string of the molecule is O=C(O)[C@H](CCS)NC1O[C@H](CO)[C@@H](O)[C@H]1O. The summed E-state index contributed by atoms with van der Waals surface area (Å²) in [6, 6.07) is -0.920. The van der Waals surface area contributed by atoms with Gasteiger partial charge in [0.15, 0.2) is 0 Å². The summed E-state index contributed by atoms with van der Waals surface area (Å²) in [6.45, 7) is -0.444.